The third kappa shape index (κ3) is 4.45. The van der Waals surface area contributed by atoms with Crippen LogP contribution in [-0.4, -0.2) is 17.6 Å². The number of benzene rings is 1. The van der Waals surface area contributed by atoms with Crippen LogP contribution in [0.15, 0.2) is 36.4 Å². The van der Waals surface area contributed by atoms with Crippen molar-refractivity contribution in [1.82, 2.24) is 5.32 Å². The second-order valence-corrected chi connectivity index (χ2v) is 6.86. The lowest BCUT2D eigenvalue weighted by Crippen LogP contribution is -2.31. The number of aliphatic hydroxyl groups is 1. The fraction of sp³-hybridized carbons (Fsp3) is 0.267. The molecule has 0 bridgehead atoms. The molecule has 2 unspecified atom stereocenters. The van der Waals surface area contributed by atoms with E-state index in [0.717, 1.165) is 4.88 Å². The highest BCUT2D eigenvalue weighted by molar-refractivity contribution is 7.16. The normalized spacial score (nSPS) is 13.7. The fourth-order valence-corrected chi connectivity index (χ4v) is 3.08. The SMILES string of the molecule is CC(C(=O)NCC(O)c1ccc(Cl)cc1)c1ccc(Cl)s1. The van der Waals surface area contributed by atoms with Crippen molar-refractivity contribution in [3.8, 4) is 0 Å². The van der Waals surface area contributed by atoms with E-state index < -0.39 is 6.10 Å². The highest BCUT2D eigenvalue weighted by Gasteiger charge is 2.18. The maximum atomic E-state index is 12.1. The Kier molecular flexibility index (Phi) is 5.65. The van der Waals surface area contributed by atoms with Gasteiger partial charge in [-0.15, -0.1) is 11.3 Å². The van der Waals surface area contributed by atoms with Crippen LogP contribution in [0.3, 0.4) is 0 Å². The summed E-state index contributed by atoms with van der Waals surface area (Å²) in [5, 5.41) is 13.4. The number of hydrogen-bond acceptors (Lipinski definition) is 3. The molecule has 0 aliphatic carbocycles. The Balaban J connectivity index is 1.90. The molecule has 2 rings (SSSR count). The van der Waals surface area contributed by atoms with Gasteiger partial charge in [0.15, 0.2) is 0 Å². The molecule has 0 fully saturated rings. The van der Waals surface area contributed by atoms with E-state index in [-0.39, 0.29) is 18.4 Å². The monoisotopic (exact) mass is 343 g/mol. The van der Waals surface area contributed by atoms with Crippen molar-refractivity contribution >= 4 is 40.4 Å². The Hall–Kier alpha value is -1.07. The molecule has 0 aliphatic rings. The van der Waals surface area contributed by atoms with Crippen LogP contribution in [0.1, 0.15) is 29.4 Å². The van der Waals surface area contributed by atoms with Gasteiger partial charge in [0.05, 0.1) is 16.4 Å². The lowest BCUT2D eigenvalue weighted by atomic mass is 10.1. The summed E-state index contributed by atoms with van der Waals surface area (Å²) in [6.45, 7) is 1.97. The molecule has 0 saturated carbocycles. The van der Waals surface area contributed by atoms with Crippen molar-refractivity contribution in [3.05, 3.63) is 56.2 Å². The molecule has 0 radical (unpaired) electrons. The minimum atomic E-state index is -0.759. The first-order chi connectivity index (χ1) is 9.97. The lowest BCUT2D eigenvalue weighted by molar-refractivity contribution is -0.122. The topological polar surface area (TPSA) is 49.3 Å². The van der Waals surface area contributed by atoms with Gasteiger partial charge in [-0.05, 0) is 36.8 Å². The summed E-state index contributed by atoms with van der Waals surface area (Å²) >= 11 is 13.0. The summed E-state index contributed by atoms with van der Waals surface area (Å²) in [5.74, 6) is -0.429. The molecule has 1 aromatic heterocycles. The number of hydrogen-bond donors (Lipinski definition) is 2. The Labute approximate surface area is 137 Å². The number of halogens is 2. The minimum Gasteiger partial charge on any atom is -0.387 e. The van der Waals surface area contributed by atoms with Crippen LogP contribution in [0.4, 0.5) is 0 Å². The summed E-state index contributed by atoms with van der Waals surface area (Å²) in [5.41, 5.74) is 0.714. The number of rotatable bonds is 5. The summed E-state index contributed by atoms with van der Waals surface area (Å²) in [4.78, 5) is 13.0. The van der Waals surface area contributed by atoms with E-state index in [2.05, 4.69) is 5.32 Å². The van der Waals surface area contributed by atoms with Crippen molar-refractivity contribution in [2.75, 3.05) is 6.54 Å². The number of aliphatic hydroxyl groups excluding tert-OH is 1. The van der Waals surface area contributed by atoms with E-state index in [1.807, 2.05) is 13.0 Å². The van der Waals surface area contributed by atoms with Crippen molar-refractivity contribution in [2.45, 2.75) is 18.9 Å². The maximum Gasteiger partial charge on any atom is 0.228 e. The second kappa shape index (κ2) is 7.27. The van der Waals surface area contributed by atoms with Gasteiger partial charge in [0, 0.05) is 16.4 Å². The number of thiophene rings is 1. The molecule has 1 amide bonds. The zero-order valence-electron chi connectivity index (χ0n) is 11.3. The molecule has 0 spiro atoms. The third-order valence-electron chi connectivity index (χ3n) is 3.14. The van der Waals surface area contributed by atoms with Gasteiger partial charge >= 0.3 is 0 Å². The summed E-state index contributed by atoms with van der Waals surface area (Å²) in [7, 11) is 0. The number of carbonyl (C=O) groups excluding carboxylic acids is 1. The van der Waals surface area contributed by atoms with Crippen LogP contribution >= 0.6 is 34.5 Å². The van der Waals surface area contributed by atoms with E-state index in [0.29, 0.717) is 14.9 Å². The largest absolute Gasteiger partial charge is 0.387 e. The molecule has 2 atom stereocenters. The average molecular weight is 344 g/mol. The van der Waals surface area contributed by atoms with Crippen LogP contribution in [0.25, 0.3) is 0 Å². The van der Waals surface area contributed by atoms with Crippen molar-refractivity contribution in [3.63, 3.8) is 0 Å². The number of carbonyl (C=O) groups is 1. The molecule has 2 aromatic rings. The van der Waals surface area contributed by atoms with E-state index in [4.69, 9.17) is 23.2 Å². The van der Waals surface area contributed by atoms with E-state index in [9.17, 15) is 9.90 Å². The van der Waals surface area contributed by atoms with Gasteiger partial charge in [-0.2, -0.15) is 0 Å². The van der Waals surface area contributed by atoms with Crippen molar-refractivity contribution in [2.24, 2.45) is 0 Å². The molecule has 2 N–H and O–H groups in total. The predicted molar refractivity (Wildman–Crippen MR) is 87.2 cm³/mol. The van der Waals surface area contributed by atoms with Crippen molar-refractivity contribution < 1.29 is 9.90 Å². The first kappa shape index (κ1) is 16.3. The van der Waals surface area contributed by atoms with E-state index in [1.165, 1.54) is 11.3 Å². The van der Waals surface area contributed by atoms with Gasteiger partial charge in [-0.3, -0.25) is 4.79 Å². The zero-order valence-corrected chi connectivity index (χ0v) is 13.7. The predicted octanol–water partition coefficient (Wildman–Crippen LogP) is 4.01. The standard InChI is InChI=1S/C15H15Cl2NO2S/c1-9(13-6-7-14(17)21-13)15(20)18-8-12(19)10-2-4-11(16)5-3-10/h2-7,9,12,19H,8H2,1H3,(H,18,20). The molecule has 0 aliphatic heterocycles. The Morgan fingerprint density at radius 2 is 1.90 bits per heavy atom. The van der Waals surface area contributed by atoms with Gasteiger partial charge in [-0.25, -0.2) is 0 Å². The number of amides is 1. The van der Waals surface area contributed by atoms with Gasteiger partial charge in [0.1, 0.15) is 0 Å². The molecular formula is C15H15Cl2NO2S. The lowest BCUT2D eigenvalue weighted by Gasteiger charge is -2.15. The van der Waals surface area contributed by atoms with Gasteiger partial charge in [0.2, 0.25) is 5.91 Å². The molecule has 0 saturated heterocycles. The van der Waals surface area contributed by atoms with Gasteiger partial charge in [0.25, 0.3) is 0 Å². The first-order valence-corrected chi connectivity index (χ1v) is 8.01. The Bertz CT molecular complexity index is 612. The summed E-state index contributed by atoms with van der Waals surface area (Å²) in [6.07, 6.45) is -0.759. The van der Waals surface area contributed by atoms with Crippen LogP contribution in [-0.2, 0) is 4.79 Å². The van der Waals surface area contributed by atoms with Crippen molar-refractivity contribution in [1.29, 1.82) is 0 Å². The number of nitrogens with one attached hydrogen (secondary N) is 1. The highest BCUT2D eigenvalue weighted by Crippen LogP contribution is 2.28. The van der Waals surface area contributed by atoms with Gasteiger partial charge in [-0.1, -0.05) is 35.3 Å². The average Bonchev–Trinajstić information content (AvgIpc) is 2.91. The van der Waals surface area contributed by atoms with Gasteiger partial charge < -0.3 is 10.4 Å². The Morgan fingerprint density at radius 3 is 2.48 bits per heavy atom. The summed E-state index contributed by atoms with van der Waals surface area (Å²) < 4.78 is 0.658. The molecule has 21 heavy (non-hydrogen) atoms. The molecule has 6 heteroatoms. The fourth-order valence-electron chi connectivity index (χ4n) is 1.84. The molecule has 1 aromatic carbocycles. The molecular weight excluding hydrogens is 329 g/mol. The first-order valence-electron chi connectivity index (χ1n) is 6.44. The zero-order chi connectivity index (χ0) is 15.4. The van der Waals surface area contributed by atoms with Crippen LogP contribution < -0.4 is 5.32 Å². The maximum absolute atomic E-state index is 12.1. The van der Waals surface area contributed by atoms with E-state index >= 15 is 0 Å². The Morgan fingerprint density at radius 1 is 1.24 bits per heavy atom. The molecule has 112 valence electrons. The van der Waals surface area contributed by atoms with Crippen LogP contribution in [0, 0.1) is 0 Å². The third-order valence-corrected chi connectivity index (χ3v) is 4.80. The summed E-state index contributed by atoms with van der Waals surface area (Å²) in [6, 6.07) is 10.5. The smallest absolute Gasteiger partial charge is 0.228 e. The quantitative estimate of drug-likeness (QED) is 0.861. The molecule has 1 heterocycles. The molecule has 3 nitrogen and oxygen atoms in total. The minimum absolute atomic E-state index is 0.137. The van der Waals surface area contributed by atoms with Crippen LogP contribution in [0.2, 0.25) is 9.36 Å². The van der Waals surface area contributed by atoms with E-state index in [1.54, 1.807) is 30.3 Å². The highest BCUT2D eigenvalue weighted by atomic mass is 35.5. The second-order valence-electron chi connectivity index (χ2n) is 4.68. The van der Waals surface area contributed by atoms with Crippen LogP contribution in [0.5, 0.6) is 0 Å².